The molecule has 1 N–H and O–H groups in total. The molecule has 0 radical (unpaired) electrons. The molecule has 4 nitrogen and oxygen atoms in total. The fraction of sp³-hybridized carbons (Fsp3) is 0.273. The van der Waals surface area contributed by atoms with Crippen LogP contribution in [-0.4, -0.2) is 16.1 Å². The highest BCUT2D eigenvalue weighted by Crippen LogP contribution is 2.15. The number of non-ortho nitro benzene ring substituents is 1. The number of benzene rings is 1. The number of nitrogens with zero attached hydrogens (tertiary/aromatic N) is 1. The zero-order valence-corrected chi connectivity index (χ0v) is 8.68. The molecule has 1 atom stereocenters. The lowest BCUT2D eigenvalue weighted by atomic mass is 10.1. The normalized spacial score (nSPS) is 13.7. The predicted molar refractivity (Wildman–Crippen MR) is 58.4 cm³/mol. The monoisotopic (exact) mass is 207 g/mol. The van der Waals surface area contributed by atoms with Gasteiger partial charge in [0.05, 0.1) is 11.0 Å². The van der Waals surface area contributed by atoms with Gasteiger partial charge in [-0.3, -0.25) is 10.1 Å². The third-order valence-electron chi connectivity index (χ3n) is 2.16. The van der Waals surface area contributed by atoms with Gasteiger partial charge in [-0.05, 0) is 37.1 Å². The van der Waals surface area contributed by atoms with E-state index in [0.717, 1.165) is 11.1 Å². The van der Waals surface area contributed by atoms with Gasteiger partial charge >= 0.3 is 0 Å². The van der Waals surface area contributed by atoms with Gasteiger partial charge in [0.1, 0.15) is 0 Å². The maximum atomic E-state index is 10.4. The maximum Gasteiger partial charge on any atom is 0.269 e. The molecular weight excluding hydrogens is 194 g/mol. The predicted octanol–water partition coefficient (Wildman–Crippen LogP) is 2.38. The van der Waals surface area contributed by atoms with Crippen LogP contribution >= 0.6 is 0 Å². The molecule has 0 heterocycles. The highest BCUT2D eigenvalue weighted by Gasteiger charge is 2.03. The molecule has 4 heteroatoms. The van der Waals surface area contributed by atoms with E-state index in [-0.39, 0.29) is 5.69 Å². The van der Waals surface area contributed by atoms with Crippen molar-refractivity contribution in [3.05, 3.63) is 45.5 Å². The summed E-state index contributed by atoms with van der Waals surface area (Å²) in [7, 11) is 0. The van der Waals surface area contributed by atoms with Gasteiger partial charge < -0.3 is 5.11 Å². The zero-order chi connectivity index (χ0) is 11.4. The first-order valence-corrected chi connectivity index (χ1v) is 4.61. The fourth-order valence-electron chi connectivity index (χ4n) is 1.08. The number of aliphatic hydroxyl groups is 1. The Morgan fingerprint density at radius 3 is 2.40 bits per heavy atom. The Kier molecular flexibility index (Phi) is 3.57. The van der Waals surface area contributed by atoms with E-state index in [1.807, 2.05) is 6.92 Å². The maximum absolute atomic E-state index is 10.4. The van der Waals surface area contributed by atoms with Crippen LogP contribution in [0.1, 0.15) is 19.4 Å². The minimum absolute atomic E-state index is 0.0712. The van der Waals surface area contributed by atoms with E-state index in [0.29, 0.717) is 0 Å². The van der Waals surface area contributed by atoms with Crippen molar-refractivity contribution in [3.8, 4) is 0 Å². The highest BCUT2D eigenvalue weighted by molar-refractivity contribution is 5.55. The summed E-state index contributed by atoms with van der Waals surface area (Å²) < 4.78 is 0. The van der Waals surface area contributed by atoms with Gasteiger partial charge in [-0.2, -0.15) is 0 Å². The molecule has 0 saturated carbocycles. The quantitative estimate of drug-likeness (QED) is 0.611. The molecule has 0 spiro atoms. The molecule has 0 fully saturated rings. The van der Waals surface area contributed by atoms with E-state index in [4.69, 9.17) is 0 Å². The van der Waals surface area contributed by atoms with Crippen molar-refractivity contribution in [2.75, 3.05) is 0 Å². The third kappa shape index (κ3) is 3.18. The summed E-state index contributed by atoms with van der Waals surface area (Å²) in [4.78, 5) is 9.96. The van der Waals surface area contributed by atoms with E-state index in [2.05, 4.69) is 0 Å². The molecule has 0 aliphatic rings. The number of nitro groups is 1. The fourth-order valence-corrected chi connectivity index (χ4v) is 1.08. The Morgan fingerprint density at radius 1 is 1.47 bits per heavy atom. The largest absolute Gasteiger partial charge is 0.389 e. The van der Waals surface area contributed by atoms with Gasteiger partial charge in [0.2, 0.25) is 0 Å². The second-order valence-corrected chi connectivity index (χ2v) is 3.41. The van der Waals surface area contributed by atoms with Gasteiger partial charge in [0, 0.05) is 12.1 Å². The summed E-state index contributed by atoms with van der Waals surface area (Å²) in [6, 6.07) is 6.20. The van der Waals surface area contributed by atoms with Crippen molar-refractivity contribution in [3.63, 3.8) is 0 Å². The average molecular weight is 207 g/mol. The average Bonchev–Trinajstić information content (AvgIpc) is 2.18. The van der Waals surface area contributed by atoms with Crippen LogP contribution < -0.4 is 0 Å². The number of nitro benzene ring substituents is 1. The van der Waals surface area contributed by atoms with Crippen molar-refractivity contribution in [1.29, 1.82) is 0 Å². The van der Waals surface area contributed by atoms with Crippen LogP contribution in [0.3, 0.4) is 0 Å². The molecule has 0 aromatic heterocycles. The van der Waals surface area contributed by atoms with E-state index >= 15 is 0 Å². The van der Waals surface area contributed by atoms with Crippen LogP contribution in [0.4, 0.5) is 5.69 Å². The minimum Gasteiger partial charge on any atom is -0.389 e. The van der Waals surface area contributed by atoms with Crippen LogP contribution in [0, 0.1) is 10.1 Å². The summed E-state index contributed by atoms with van der Waals surface area (Å²) in [6.07, 6.45) is 1.30. The van der Waals surface area contributed by atoms with Crippen LogP contribution in [0.15, 0.2) is 29.8 Å². The molecule has 1 aromatic rings. The second kappa shape index (κ2) is 4.70. The smallest absolute Gasteiger partial charge is 0.269 e. The van der Waals surface area contributed by atoms with Crippen molar-refractivity contribution in [1.82, 2.24) is 0 Å². The molecule has 0 unspecified atom stereocenters. The van der Waals surface area contributed by atoms with Crippen LogP contribution in [0.2, 0.25) is 0 Å². The summed E-state index contributed by atoms with van der Waals surface area (Å²) in [5.74, 6) is 0. The Bertz CT molecular complexity index is 379. The number of hydrogen-bond donors (Lipinski definition) is 1. The second-order valence-electron chi connectivity index (χ2n) is 3.41. The van der Waals surface area contributed by atoms with E-state index in [1.54, 1.807) is 25.1 Å². The van der Waals surface area contributed by atoms with Crippen molar-refractivity contribution >= 4 is 11.8 Å². The Labute approximate surface area is 88.0 Å². The van der Waals surface area contributed by atoms with Gasteiger partial charge in [0.25, 0.3) is 5.69 Å². The lowest BCUT2D eigenvalue weighted by Gasteiger charge is -2.03. The summed E-state index contributed by atoms with van der Waals surface area (Å²) in [5.41, 5.74) is 1.74. The molecule has 0 aliphatic carbocycles. The molecular formula is C11H13NO3. The number of hydrogen-bond acceptors (Lipinski definition) is 3. The zero-order valence-electron chi connectivity index (χ0n) is 8.68. The standard InChI is InChI=1S/C11H13NO3/c1-8(9(2)13)7-10-3-5-11(6-4-10)12(14)15/h3-7,9,13H,1-2H3/b8-7+/t9-/m1/s1. The number of aliphatic hydroxyl groups excluding tert-OH is 1. The molecule has 0 bridgehead atoms. The molecule has 1 rings (SSSR count). The first-order chi connectivity index (χ1) is 7.00. The Hall–Kier alpha value is -1.68. The summed E-state index contributed by atoms with van der Waals surface area (Å²) >= 11 is 0. The lowest BCUT2D eigenvalue weighted by Crippen LogP contribution is -2.00. The van der Waals surface area contributed by atoms with Gasteiger partial charge in [-0.1, -0.05) is 6.08 Å². The number of rotatable bonds is 3. The van der Waals surface area contributed by atoms with Crippen LogP contribution in [-0.2, 0) is 0 Å². The molecule has 1 aromatic carbocycles. The first kappa shape index (κ1) is 11.4. The SMILES string of the molecule is C/C(=C\c1ccc([N+](=O)[O-])cc1)[C@@H](C)O. The first-order valence-electron chi connectivity index (χ1n) is 4.61. The third-order valence-corrected chi connectivity index (χ3v) is 2.16. The van der Waals surface area contributed by atoms with E-state index < -0.39 is 11.0 Å². The van der Waals surface area contributed by atoms with Gasteiger partial charge in [-0.15, -0.1) is 0 Å². The molecule has 80 valence electrons. The molecule has 0 aliphatic heterocycles. The Balaban J connectivity index is 2.90. The van der Waals surface area contributed by atoms with Crippen molar-refractivity contribution in [2.24, 2.45) is 0 Å². The van der Waals surface area contributed by atoms with Gasteiger partial charge in [0.15, 0.2) is 0 Å². The van der Waals surface area contributed by atoms with Crippen LogP contribution in [0.5, 0.6) is 0 Å². The molecule has 15 heavy (non-hydrogen) atoms. The summed E-state index contributed by atoms with van der Waals surface area (Å²) in [5, 5.41) is 19.6. The van der Waals surface area contributed by atoms with E-state index in [9.17, 15) is 15.2 Å². The summed E-state index contributed by atoms with van der Waals surface area (Å²) in [6.45, 7) is 3.49. The van der Waals surface area contributed by atoms with Gasteiger partial charge in [-0.25, -0.2) is 0 Å². The lowest BCUT2D eigenvalue weighted by molar-refractivity contribution is -0.384. The molecule has 0 amide bonds. The van der Waals surface area contributed by atoms with Crippen molar-refractivity contribution < 1.29 is 10.0 Å². The van der Waals surface area contributed by atoms with E-state index in [1.165, 1.54) is 12.1 Å². The molecule has 0 saturated heterocycles. The highest BCUT2D eigenvalue weighted by atomic mass is 16.6. The topological polar surface area (TPSA) is 63.4 Å². The Morgan fingerprint density at radius 2 is 2.00 bits per heavy atom. The minimum atomic E-state index is -0.500. The van der Waals surface area contributed by atoms with Crippen molar-refractivity contribution in [2.45, 2.75) is 20.0 Å². The van der Waals surface area contributed by atoms with Crippen LogP contribution in [0.25, 0.3) is 6.08 Å².